The largest absolute Gasteiger partial charge is 0.403 e. The average Bonchev–Trinajstić information content (AvgIpc) is 2.97. The van der Waals surface area contributed by atoms with Gasteiger partial charge >= 0.3 is 6.01 Å². The Morgan fingerprint density at radius 1 is 1.14 bits per heavy atom. The van der Waals surface area contributed by atoms with Crippen LogP contribution in [0.1, 0.15) is 11.3 Å². The molecule has 0 aliphatic carbocycles. The highest BCUT2D eigenvalue weighted by Gasteiger charge is 2.10. The van der Waals surface area contributed by atoms with Gasteiger partial charge in [-0.25, -0.2) is 9.67 Å². The van der Waals surface area contributed by atoms with Crippen molar-refractivity contribution in [3.8, 4) is 23.6 Å². The van der Waals surface area contributed by atoms with E-state index in [9.17, 15) is 0 Å². The molecule has 0 saturated heterocycles. The molecule has 3 aromatic rings. The van der Waals surface area contributed by atoms with Crippen LogP contribution in [0.3, 0.4) is 0 Å². The lowest BCUT2D eigenvalue weighted by molar-refractivity contribution is 0.422. The standard InChI is InChI=1S/C15H11N5O/c1-11-7-8-12(9-16)14(18-11)21-15-17-10-20(19-15)13-5-3-2-4-6-13/h2-8,10H,1H3. The molecular formula is C15H11N5O. The van der Waals surface area contributed by atoms with E-state index in [4.69, 9.17) is 10.00 Å². The van der Waals surface area contributed by atoms with Gasteiger partial charge in [0.05, 0.1) is 5.69 Å². The van der Waals surface area contributed by atoms with Crippen molar-refractivity contribution >= 4 is 0 Å². The molecule has 2 heterocycles. The lowest BCUT2D eigenvalue weighted by Crippen LogP contribution is -1.97. The van der Waals surface area contributed by atoms with E-state index < -0.39 is 0 Å². The van der Waals surface area contributed by atoms with E-state index in [1.165, 1.54) is 0 Å². The number of benzene rings is 1. The fourth-order valence-corrected chi connectivity index (χ4v) is 1.78. The quantitative estimate of drug-likeness (QED) is 0.735. The highest BCUT2D eigenvalue weighted by molar-refractivity contribution is 5.39. The predicted molar refractivity (Wildman–Crippen MR) is 75.1 cm³/mol. The van der Waals surface area contributed by atoms with Crippen molar-refractivity contribution in [2.45, 2.75) is 6.92 Å². The minimum atomic E-state index is 0.147. The first-order valence-electron chi connectivity index (χ1n) is 6.29. The molecule has 0 N–H and O–H groups in total. The smallest absolute Gasteiger partial charge is 0.342 e. The molecular weight excluding hydrogens is 266 g/mol. The number of ether oxygens (including phenoxy) is 1. The molecule has 0 fully saturated rings. The summed E-state index contributed by atoms with van der Waals surface area (Å²) in [5.41, 5.74) is 1.97. The minimum absolute atomic E-state index is 0.147. The summed E-state index contributed by atoms with van der Waals surface area (Å²) in [5.74, 6) is 0.211. The molecule has 0 bridgehead atoms. The number of aromatic nitrogens is 4. The first-order valence-corrected chi connectivity index (χ1v) is 6.29. The highest BCUT2D eigenvalue weighted by Crippen LogP contribution is 2.20. The first kappa shape index (κ1) is 12.8. The van der Waals surface area contributed by atoms with Crippen molar-refractivity contribution in [2.24, 2.45) is 0 Å². The predicted octanol–water partition coefficient (Wildman–Crippen LogP) is 2.63. The molecule has 0 unspecified atom stereocenters. The second-order valence-corrected chi connectivity index (χ2v) is 4.33. The SMILES string of the molecule is Cc1ccc(C#N)c(Oc2ncn(-c3ccccc3)n2)n1. The second-order valence-electron chi connectivity index (χ2n) is 4.33. The van der Waals surface area contributed by atoms with Crippen LogP contribution in [-0.4, -0.2) is 19.7 Å². The molecule has 0 aliphatic rings. The van der Waals surface area contributed by atoms with Crippen molar-refractivity contribution in [3.63, 3.8) is 0 Å². The summed E-state index contributed by atoms with van der Waals surface area (Å²) in [5, 5.41) is 13.3. The lowest BCUT2D eigenvalue weighted by Gasteiger charge is -2.03. The molecule has 2 aromatic heterocycles. The van der Waals surface area contributed by atoms with Crippen LogP contribution in [-0.2, 0) is 0 Å². The van der Waals surface area contributed by atoms with Crippen LogP contribution in [0.25, 0.3) is 5.69 Å². The zero-order chi connectivity index (χ0) is 14.7. The summed E-state index contributed by atoms with van der Waals surface area (Å²) < 4.78 is 7.10. The van der Waals surface area contributed by atoms with E-state index in [0.29, 0.717) is 5.56 Å². The fraction of sp³-hybridized carbons (Fsp3) is 0.0667. The van der Waals surface area contributed by atoms with E-state index >= 15 is 0 Å². The normalized spacial score (nSPS) is 10.1. The Bertz CT molecular complexity index is 804. The first-order chi connectivity index (χ1) is 10.3. The number of hydrogen-bond donors (Lipinski definition) is 0. The van der Waals surface area contributed by atoms with Gasteiger partial charge in [0.25, 0.3) is 0 Å². The van der Waals surface area contributed by atoms with Gasteiger partial charge in [-0.05, 0) is 31.2 Å². The van der Waals surface area contributed by atoms with Crippen LogP contribution in [0.2, 0.25) is 0 Å². The van der Waals surface area contributed by atoms with Crippen molar-refractivity contribution in [2.75, 3.05) is 0 Å². The van der Waals surface area contributed by atoms with Gasteiger partial charge in [-0.3, -0.25) is 0 Å². The molecule has 6 nitrogen and oxygen atoms in total. The Morgan fingerprint density at radius 3 is 2.71 bits per heavy atom. The van der Waals surface area contributed by atoms with E-state index in [2.05, 4.69) is 15.1 Å². The maximum atomic E-state index is 9.05. The molecule has 0 spiro atoms. The van der Waals surface area contributed by atoms with Gasteiger partial charge in [-0.15, -0.1) is 5.10 Å². The number of hydrogen-bond acceptors (Lipinski definition) is 5. The Labute approximate surface area is 121 Å². The van der Waals surface area contributed by atoms with Crippen molar-refractivity contribution in [1.29, 1.82) is 5.26 Å². The fourth-order valence-electron chi connectivity index (χ4n) is 1.78. The maximum Gasteiger partial charge on any atom is 0.342 e. The number of para-hydroxylation sites is 1. The third-order valence-electron chi connectivity index (χ3n) is 2.80. The third kappa shape index (κ3) is 2.72. The number of aryl methyl sites for hydroxylation is 1. The summed E-state index contributed by atoms with van der Waals surface area (Å²) in [4.78, 5) is 8.26. The molecule has 0 radical (unpaired) electrons. The zero-order valence-electron chi connectivity index (χ0n) is 11.3. The molecule has 0 aliphatic heterocycles. The lowest BCUT2D eigenvalue weighted by atomic mass is 10.2. The molecule has 21 heavy (non-hydrogen) atoms. The third-order valence-corrected chi connectivity index (χ3v) is 2.80. The summed E-state index contributed by atoms with van der Waals surface area (Å²) in [6.45, 7) is 1.82. The van der Waals surface area contributed by atoms with Gasteiger partial charge in [-0.1, -0.05) is 18.2 Å². The van der Waals surface area contributed by atoms with Crippen LogP contribution in [0.5, 0.6) is 11.9 Å². The van der Waals surface area contributed by atoms with Gasteiger partial charge in [0, 0.05) is 5.69 Å². The Balaban J connectivity index is 1.89. The molecule has 3 rings (SSSR count). The second kappa shape index (κ2) is 5.43. The van der Waals surface area contributed by atoms with Crippen LogP contribution in [0, 0.1) is 18.3 Å². The van der Waals surface area contributed by atoms with Gasteiger partial charge in [-0.2, -0.15) is 10.2 Å². The molecule has 6 heteroatoms. The van der Waals surface area contributed by atoms with Crippen molar-refractivity contribution in [1.82, 2.24) is 19.7 Å². The van der Waals surface area contributed by atoms with Gasteiger partial charge in [0.2, 0.25) is 5.88 Å². The van der Waals surface area contributed by atoms with Crippen molar-refractivity contribution in [3.05, 3.63) is 60.0 Å². The monoisotopic (exact) mass is 277 g/mol. The van der Waals surface area contributed by atoms with E-state index in [1.807, 2.05) is 43.3 Å². The summed E-state index contributed by atoms with van der Waals surface area (Å²) in [6.07, 6.45) is 1.55. The summed E-state index contributed by atoms with van der Waals surface area (Å²) in [6, 6.07) is 15.1. The molecule has 0 amide bonds. The van der Waals surface area contributed by atoms with Gasteiger partial charge in [0.1, 0.15) is 18.0 Å². The van der Waals surface area contributed by atoms with Crippen molar-refractivity contribution < 1.29 is 4.74 Å². The Morgan fingerprint density at radius 2 is 1.95 bits per heavy atom. The van der Waals surface area contributed by atoms with Gasteiger partial charge < -0.3 is 4.74 Å². The Hall–Kier alpha value is -3.20. The maximum absolute atomic E-state index is 9.05. The number of rotatable bonds is 3. The minimum Gasteiger partial charge on any atom is -0.403 e. The summed E-state index contributed by atoms with van der Waals surface area (Å²) >= 11 is 0. The van der Waals surface area contributed by atoms with Crippen LogP contribution in [0.15, 0.2) is 48.8 Å². The van der Waals surface area contributed by atoms with Crippen LogP contribution >= 0.6 is 0 Å². The van der Waals surface area contributed by atoms with Gasteiger partial charge in [0.15, 0.2) is 0 Å². The topological polar surface area (TPSA) is 76.6 Å². The van der Waals surface area contributed by atoms with Crippen LogP contribution in [0.4, 0.5) is 0 Å². The summed E-state index contributed by atoms with van der Waals surface area (Å²) in [7, 11) is 0. The van der Waals surface area contributed by atoms with E-state index in [1.54, 1.807) is 23.1 Å². The molecule has 0 saturated carbocycles. The highest BCUT2D eigenvalue weighted by atomic mass is 16.5. The van der Waals surface area contributed by atoms with E-state index in [-0.39, 0.29) is 11.9 Å². The number of nitriles is 1. The number of nitrogens with zero attached hydrogens (tertiary/aromatic N) is 5. The Kier molecular flexibility index (Phi) is 3.31. The van der Waals surface area contributed by atoms with E-state index in [0.717, 1.165) is 11.4 Å². The molecule has 0 atom stereocenters. The van der Waals surface area contributed by atoms with Crippen LogP contribution < -0.4 is 4.74 Å². The molecule has 1 aromatic carbocycles. The number of pyridine rings is 1. The molecule has 102 valence electrons. The zero-order valence-corrected chi connectivity index (χ0v) is 11.3. The average molecular weight is 277 g/mol.